The van der Waals surface area contributed by atoms with Crippen molar-refractivity contribution in [3.63, 3.8) is 0 Å². The van der Waals surface area contributed by atoms with E-state index in [-0.39, 0.29) is 12.5 Å². The molecule has 0 saturated heterocycles. The molecule has 0 aliphatic rings. The largest absolute Gasteiger partial charge is 0.354 e. The van der Waals surface area contributed by atoms with Crippen molar-refractivity contribution in [1.29, 1.82) is 0 Å². The van der Waals surface area contributed by atoms with Crippen LogP contribution in [0, 0.1) is 0 Å². The van der Waals surface area contributed by atoms with Crippen molar-refractivity contribution in [1.82, 2.24) is 10.0 Å². The van der Waals surface area contributed by atoms with Gasteiger partial charge < -0.3 is 5.32 Å². The summed E-state index contributed by atoms with van der Waals surface area (Å²) in [7, 11) is -4.03. The number of amides is 1. The van der Waals surface area contributed by atoms with Crippen LogP contribution in [0.15, 0.2) is 0 Å². The zero-order valence-electron chi connectivity index (χ0n) is 7.88. The van der Waals surface area contributed by atoms with E-state index >= 15 is 0 Å². The molecule has 1 atom stereocenters. The Morgan fingerprint density at radius 2 is 2.07 bits per heavy atom. The van der Waals surface area contributed by atoms with Crippen LogP contribution < -0.4 is 10.0 Å². The van der Waals surface area contributed by atoms with E-state index in [1.807, 2.05) is 0 Å². The van der Waals surface area contributed by atoms with Crippen molar-refractivity contribution in [2.24, 2.45) is 0 Å². The first-order valence-corrected chi connectivity index (χ1v) is 6.83. The van der Waals surface area contributed by atoms with Gasteiger partial charge in [-0.05, 0) is 12.2 Å². The molecule has 0 heterocycles. The van der Waals surface area contributed by atoms with Crippen molar-refractivity contribution in [3.05, 3.63) is 0 Å². The molecular weight excluding hydrogens is 260 g/mol. The second-order valence-electron chi connectivity index (χ2n) is 2.77. The van der Waals surface area contributed by atoms with Gasteiger partial charge in [0.2, 0.25) is 5.91 Å². The van der Waals surface area contributed by atoms with E-state index in [9.17, 15) is 13.2 Å². The molecule has 90 valence electrons. The molecule has 0 aromatic carbocycles. The predicted molar refractivity (Wildman–Crippen MR) is 63.8 cm³/mol. The lowest BCUT2D eigenvalue weighted by atomic mass is 10.2. The maximum atomic E-state index is 11.3. The minimum absolute atomic E-state index is 0.129. The molecule has 0 fully saturated rings. The summed E-state index contributed by atoms with van der Waals surface area (Å²) in [5.74, 6) is -0.370. The molecule has 0 aliphatic heterocycles. The van der Waals surface area contributed by atoms with Crippen LogP contribution in [0.1, 0.15) is 6.42 Å². The molecule has 0 aromatic rings. The highest BCUT2D eigenvalue weighted by Crippen LogP contribution is 1.95. The Labute approximate surface area is 99.9 Å². The van der Waals surface area contributed by atoms with Gasteiger partial charge in [-0.25, -0.2) is 0 Å². The summed E-state index contributed by atoms with van der Waals surface area (Å²) in [4.78, 5) is 11.3. The first-order valence-electron chi connectivity index (χ1n) is 4.14. The molecule has 0 spiro atoms. The summed E-state index contributed by atoms with van der Waals surface area (Å²) >= 11 is 7.71. The maximum Gasteiger partial charge on any atom is 0.266 e. The lowest BCUT2D eigenvalue weighted by molar-refractivity contribution is -0.122. The minimum atomic E-state index is -4.03. The summed E-state index contributed by atoms with van der Waals surface area (Å²) in [6.07, 6.45) is 0.477. The van der Waals surface area contributed by atoms with Crippen LogP contribution in [0.5, 0.6) is 0 Å². The fraction of sp³-hybridized carbons (Fsp3) is 0.833. The van der Waals surface area contributed by atoms with Gasteiger partial charge in [-0.1, -0.05) is 12.8 Å². The second kappa shape index (κ2) is 7.34. The number of rotatable bonds is 7. The summed E-state index contributed by atoms with van der Waals surface area (Å²) < 4.78 is 31.6. The van der Waals surface area contributed by atoms with Crippen LogP contribution in [0.25, 0.3) is 0 Å². The fourth-order valence-electron chi connectivity index (χ4n) is 0.810. The van der Waals surface area contributed by atoms with E-state index in [0.29, 0.717) is 12.2 Å². The van der Waals surface area contributed by atoms with E-state index in [2.05, 4.69) is 35.5 Å². The van der Waals surface area contributed by atoms with Crippen molar-refractivity contribution in [2.75, 3.05) is 18.1 Å². The van der Waals surface area contributed by atoms with E-state index in [0.717, 1.165) is 0 Å². The van der Waals surface area contributed by atoms with E-state index in [1.165, 1.54) is 0 Å². The number of carbonyl (C=O) groups is 1. The van der Waals surface area contributed by atoms with Crippen LogP contribution in [-0.4, -0.2) is 43.0 Å². The second-order valence-corrected chi connectivity index (χ2v) is 5.05. The Kier molecular flexibility index (Phi) is 7.36. The molecule has 0 saturated carbocycles. The topological polar surface area (TPSA) is 95.5 Å². The third kappa shape index (κ3) is 7.91. The van der Waals surface area contributed by atoms with Crippen LogP contribution >= 0.6 is 25.4 Å². The van der Waals surface area contributed by atoms with Crippen molar-refractivity contribution in [3.8, 4) is 0 Å². The van der Waals surface area contributed by atoms with Gasteiger partial charge in [0, 0.05) is 6.54 Å². The molecular formula is C6H14N2O4S3. The Balaban J connectivity index is 3.91. The number of thiol groups is 2. The smallest absolute Gasteiger partial charge is 0.266 e. The zero-order chi connectivity index (χ0) is 11.9. The summed E-state index contributed by atoms with van der Waals surface area (Å²) in [6, 6.07) is -0.521. The molecule has 15 heavy (non-hydrogen) atoms. The molecule has 0 aliphatic carbocycles. The normalized spacial score (nSPS) is 13.5. The molecule has 0 bridgehead atoms. The fourth-order valence-corrected chi connectivity index (χ4v) is 1.67. The lowest BCUT2D eigenvalue weighted by Crippen LogP contribution is -2.42. The Hall–Kier alpha value is 0.0400. The monoisotopic (exact) mass is 274 g/mol. The third-order valence-electron chi connectivity index (χ3n) is 1.55. The van der Waals surface area contributed by atoms with Crippen molar-refractivity contribution < 1.29 is 17.8 Å². The van der Waals surface area contributed by atoms with E-state index in [1.54, 1.807) is 0 Å². The van der Waals surface area contributed by atoms with Crippen LogP contribution in [-0.2, 0) is 14.9 Å². The molecule has 0 radical (unpaired) electrons. The minimum Gasteiger partial charge on any atom is -0.354 e. The lowest BCUT2D eigenvalue weighted by Gasteiger charge is -2.13. The van der Waals surface area contributed by atoms with E-state index < -0.39 is 21.9 Å². The molecule has 1 amide bonds. The van der Waals surface area contributed by atoms with Gasteiger partial charge in [0.1, 0.15) is 0 Å². The van der Waals surface area contributed by atoms with Gasteiger partial charge in [-0.3, -0.25) is 14.1 Å². The third-order valence-corrected chi connectivity index (χ3v) is 2.84. The average molecular weight is 274 g/mol. The van der Waals surface area contributed by atoms with Gasteiger partial charge in [0.15, 0.2) is 0 Å². The highest BCUT2D eigenvalue weighted by molar-refractivity contribution is 7.85. The summed E-state index contributed by atoms with van der Waals surface area (Å²) in [5, 5.41) is 2.35. The van der Waals surface area contributed by atoms with Gasteiger partial charge in [0.25, 0.3) is 10.1 Å². The van der Waals surface area contributed by atoms with Crippen LogP contribution in [0.4, 0.5) is 0 Å². The number of nitrogens with one attached hydrogen (secondary N) is 2. The quantitative estimate of drug-likeness (QED) is 0.307. The molecule has 0 aromatic heterocycles. The SMILES string of the molecule is O=C(NCCS(=O)(=O)O)C(CCS)NS. The highest BCUT2D eigenvalue weighted by atomic mass is 32.2. The Morgan fingerprint density at radius 3 is 2.47 bits per heavy atom. The van der Waals surface area contributed by atoms with Crippen molar-refractivity contribution in [2.45, 2.75) is 12.5 Å². The van der Waals surface area contributed by atoms with E-state index in [4.69, 9.17) is 4.55 Å². The van der Waals surface area contributed by atoms with Gasteiger partial charge >= 0.3 is 0 Å². The zero-order valence-corrected chi connectivity index (χ0v) is 10.5. The molecule has 0 rings (SSSR count). The standard InChI is InChI=1S/C6H14N2O4S3/c9-6(5(8-14)1-3-13)7-2-4-15(10,11)12/h5,8,13-14H,1-4H2,(H,7,9)(H,10,11,12). The van der Waals surface area contributed by atoms with Crippen LogP contribution in [0.3, 0.4) is 0 Å². The Bertz CT molecular complexity index is 293. The molecule has 6 nitrogen and oxygen atoms in total. The first-order chi connectivity index (χ1) is 6.90. The average Bonchev–Trinajstić information content (AvgIpc) is 2.11. The summed E-state index contributed by atoms with van der Waals surface area (Å²) in [5.41, 5.74) is 0. The maximum absolute atomic E-state index is 11.3. The highest BCUT2D eigenvalue weighted by Gasteiger charge is 2.15. The summed E-state index contributed by atoms with van der Waals surface area (Å²) in [6.45, 7) is -0.129. The number of hydrogen-bond donors (Lipinski definition) is 5. The van der Waals surface area contributed by atoms with Gasteiger partial charge in [0.05, 0.1) is 11.8 Å². The first kappa shape index (κ1) is 15.0. The van der Waals surface area contributed by atoms with Crippen molar-refractivity contribution >= 4 is 41.5 Å². The van der Waals surface area contributed by atoms with Gasteiger partial charge in [-0.2, -0.15) is 21.0 Å². The predicted octanol–water partition coefficient (Wildman–Crippen LogP) is -0.887. The number of hydrogen-bond acceptors (Lipinski definition) is 6. The Morgan fingerprint density at radius 1 is 1.47 bits per heavy atom. The molecule has 3 N–H and O–H groups in total. The molecule has 1 unspecified atom stereocenters. The molecule has 9 heteroatoms. The number of carbonyl (C=O) groups excluding carboxylic acids is 1. The van der Waals surface area contributed by atoms with Gasteiger partial charge in [-0.15, -0.1) is 0 Å². The van der Waals surface area contributed by atoms with Crippen LogP contribution in [0.2, 0.25) is 0 Å².